The predicted octanol–water partition coefficient (Wildman–Crippen LogP) is 1.32. The molecule has 0 aliphatic carbocycles. The summed E-state index contributed by atoms with van der Waals surface area (Å²) >= 11 is 0. The second-order valence-electron chi connectivity index (χ2n) is 6.60. The molecule has 1 N–H and O–H groups in total. The Kier molecular flexibility index (Phi) is 6.60. The molecular formula is C20H24NO6-. The lowest BCUT2D eigenvalue weighted by Crippen LogP contribution is -2.51. The van der Waals surface area contributed by atoms with E-state index in [0.717, 1.165) is 10.9 Å². The minimum absolute atomic E-state index is 0.0204. The minimum Gasteiger partial charge on any atom is -0.548 e. The Morgan fingerprint density at radius 3 is 2.63 bits per heavy atom. The first kappa shape index (κ1) is 20.5. The molecule has 0 bridgehead atoms. The van der Waals surface area contributed by atoms with Gasteiger partial charge in [0.05, 0.1) is 19.1 Å². The zero-order chi connectivity index (χ0) is 20.1. The third kappa shape index (κ3) is 4.67. The summed E-state index contributed by atoms with van der Waals surface area (Å²) in [6.45, 7) is 5.37. The number of hydrogen-bond acceptors (Lipinski definition) is 6. The number of carboxylic acid groups (broad SMARTS) is 1. The van der Waals surface area contributed by atoms with E-state index in [-0.39, 0.29) is 18.8 Å². The first-order valence-corrected chi connectivity index (χ1v) is 8.89. The number of methoxy groups -OCH3 is 1. The van der Waals surface area contributed by atoms with Gasteiger partial charge >= 0.3 is 5.63 Å². The van der Waals surface area contributed by atoms with Gasteiger partial charge in [-0.25, -0.2) is 4.79 Å². The molecule has 7 heteroatoms. The van der Waals surface area contributed by atoms with Crippen LogP contribution in [0.2, 0.25) is 0 Å². The van der Waals surface area contributed by atoms with Gasteiger partial charge in [0.15, 0.2) is 0 Å². The van der Waals surface area contributed by atoms with Crippen molar-refractivity contribution in [2.75, 3.05) is 7.11 Å². The lowest BCUT2D eigenvalue weighted by atomic mass is 9.98. The molecule has 0 fully saturated rings. The Morgan fingerprint density at radius 2 is 2.04 bits per heavy atom. The lowest BCUT2D eigenvalue weighted by molar-refractivity contribution is -0.309. The number of carbonyl (C=O) groups excluding carboxylic acids is 2. The van der Waals surface area contributed by atoms with Crippen molar-refractivity contribution in [3.63, 3.8) is 0 Å². The van der Waals surface area contributed by atoms with E-state index in [1.165, 1.54) is 7.11 Å². The van der Waals surface area contributed by atoms with Crippen LogP contribution in [-0.4, -0.2) is 25.0 Å². The molecule has 2 rings (SSSR count). The summed E-state index contributed by atoms with van der Waals surface area (Å²) in [4.78, 5) is 35.7. The highest BCUT2D eigenvalue weighted by molar-refractivity contribution is 5.84. The summed E-state index contributed by atoms with van der Waals surface area (Å²) in [7, 11) is 1.53. The van der Waals surface area contributed by atoms with Crippen LogP contribution in [0.4, 0.5) is 0 Å². The SMILES string of the molecule is CC[C@@H](C)[C@H](NC(=O)CCc1c(C)c2ccc(OC)cc2oc1=O)C(=O)[O-]. The van der Waals surface area contributed by atoms with Gasteiger partial charge in [-0.2, -0.15) is 0 Å². The maximum absolute atomic E-state index is 12.3. The molecule has 0 aliphatic heterocycles. The zero-order valence-electron chi connectivity index (χ0n) is 16.0. The second-order valence-corrected chi connectivity index (χ2v) is 6.60. The topological polar surface area (TPSA) is 109 Å². The van der Waals surface area contributed by atoms with Crippen LogP contribution in [0.25, 0.3) is 11.0 Å². The molecule has 1 amide bonds. The van der Waals surface area contributed by atoms with Crippen LogP contribution >= 0.6 is 0 Å². The summed E-state index contributed by atoms with van der Waals surface area (Å²) in [5, 5.41) is 14.5. The molecule has 0 radical (unpaired) electrons. The van der Waals surface area contributed by atoms with Crippen LogP contribution in [0.1, 0.15) is 37.8 Å². The van der Waals surface area contributed by atoms with Gasteiger partial charge in [0.1, 0.15) is 11.3 Å². The molecule has 1 heterocycles. The van der Waals surface area contributed by atoms with Crippen LogP contribution < -0.4 is 20.8 Å². The number of benzene rings is 1. The van der Waals surface area contributed by atoms with Crippen LogP contribution in [0.15, 0.2) is 27.4 Å². The van der Waals surface area contributed by atoms with Gasteiger partial charge in [-0.1, -0.05) is 20.3 Å². The Balaban J connectivity index is 2.18. The maximum Gasteiger partial charge on any atom is 0.339 e. The van der Waals surface area contributed by atoms with Gasteiger partial charge in [0.25, 0.3) is 0 Å². The average Bonchev–Trinajstić information content (AvgIpc) is 2.64. The predicted molar refractivity (Wildman–Crippen MR) is 98.5 cm³/mol. The van der Waals surface area contributed by atoms with Crippen molar-refractivity contribution in [3.8, 4) is 5.75 Å². The smallest absolute Gasteiger partial charge is 0.339 e. The number of nitrogens with one attached hydrogen (secondary N) is 1. The zero-order valence-corrected chi connectivity index (χ0v) is 16.0. The fraction of sp³-hybridized carbons (Fsp3) is 0.450. The number of ether oxygens (including phenoxy) is 1. The van der Waals surface area contributed by atoms with Gasteiger partial charge in [-0.15, -0.1) is 0 Å². The number of amides is 1. The molecule has 1 aromatic heterocycles. The fourth-order valence-electron chi connectivity index (χ4n) is 2.94. The summed E-state index contributed by atoms with van der Waals surface area (Å²) in [6.07, 6.45) is 0.728. The van der Waals surface area contributed by atoms with E-state index in [1.54, 1.807) is 32.0 Å². The molecule has 0 spiro atoms. The van der Waals surface area contributed by atoms with Crippen molar-refractivity contribution < 1.29 is 23.8 Å². The fourth-order valence-corrected chi connectivity index (χ4v) is 2.94. The highest BCUT2D eigenvalue weighted by Crippen LogP contribution is 2.24. The van der Waals surface area contributed by atoms with Crippen LogP contribution in [0.3, 0.4) is 0 Å². The first-order valence-electron chi connectivity index (χ1n) is 8.89. The van der Waals surface area contributed by atoms with Crippen molar-refractivity contribution in [1.82, 2.24) is 5.32 Å². The van der Waals surface area contributed by atoms with E-state index in [4.69, 9.17) is 9.15 Å². The van der Waals surface area contributed by atoms with Gasteiger partial charge in [0, 0.05) is 23.4 Å². The van der Waals surface area contributed by atoms with E-state index in [1.807, 2.05) is 6.92 Å². The summed E-state index contributed by atoms with van der Waals surface area (Å²) in [5.41, 5.74) is 1.03. The monoisotopic (exact) mass is 374 g/mol. The number of rotatable bonds is 8. The Bertz CT molecular complexity index is 901. The number of hydrogen-bond donors (Lipinski definition) is 1. The molecule has 1 aromatic carbocycles. The van der Waals surface area contributed by atoms with Crippen molar-refractivity contribution in [1.29, 1.82) is 0 Å². The largest absolute Gasteiger partial charge is 0.548 e. The third-order valence-electron chi connectivity index (χ3n) is 4.88. The highest BCUT2D eigenvalue weighted by atomic mass is 16.5. The van der Waals surface area contributed by atoms with Crippen LogP contribution in [0, 0.1) is 12.8 Å². The minimum atomic E-state index is -1.31. The summed E-state index contributed by atoms with van der Waals surface area (Å²) in [6, 6.07) is 4.15. The van der Waals surface area contributed by atoms with Crippen molar-refractivity contribution in [3.05, 3.63) is 39.7 Å². The molecule has 0 saturated carbocycles. The molecule has 146 valence electrons. The van der Waals surface area contributed by atoms with Crippen molar-refractivity contribution in [2.24, 2.45) is 5.92 Å². The number of fused-ring (bicyclic) bond motifs is 1. The van der Waals surface area contributed by atoms with E-state index in [9.17, 15) is 19.5 Å². The van der Waals surface area contributed by atoms with Crippen molar-refractivity contribution in [2.45, 2.75) is 46.1 Å². The second kappa shape index (κ2) is 8.70. The molecule has 27 heavy (non-hydrogen) atoms. The van der Waals surface area contributed by atoms with Crippen LogP contribution in [0.5, 0.6) is 5.75 Å². The summed E-state index contributed by atoms with van der Waals surface area (Å²) in [5.74, 6) is -1.43. The highest BCUT2D eigenvalue weighted by Gasteiger charge is 2.20. The molecular weight excluding hydrogens is 350 g/mol. The molecule has 2 atom stereocenters. The van der Waals surface area contributed by atoms with Crippen molar-refractivity contribution >= 4 is 22.8 Å². The van der Waals surface area contributed by atoms with E-state index >= 15 is 0 Å². The maximum atomic E-state index is 12.3. The average molecular weight is 374 g/mol. The number of carbonyl (C=O) groups is 2. The quantitative estimate of drug-likeness (QED) is 0.698. The number of aliphatic carboxylic acids is 1. The lowest BCUT2D eigenvalue weighted by Gasteiger charge is -2.25. The molecule has 7 nitrogen and oxygen atoms in total. The summed E-state index contributed by atoms with van der Waals surface area (Å²) < 4.78 is 10.5. The van der Waals surface area contributed by atoms with E-state index in [0.29, 0.717) is 23.3 Å². The third-order valence-corrected chi connectivity index (χ3v) is 4.88. The van der Waals surface area contributed by atoms with Gasteiger partial charge < -0.3 is 24.4 Å². The standard InChI is InChI=1S/C20H25NO6/c1-5-11(2)18(19(23)24)21-17(22)9-8-15-12(3)14-7-6-13(26-4)10-16(14)27-20(15)25/h6-7,10-11,18H,5,8-9H2,1-4H3,(H,21,22)(H,23,24)/p-1/t11-,18+/m1/s1. The number of carboxylic acids is 1. The Hall–Kier alpha value is -2.83. The Labute approximate surface area is 157 Å². The first-order chi connectivity index (χ1) is 12.8. The molecule has 0 unspecified atom stereocenters. The van der Waals surface area contributed by atoms with Crippen LogP contribution in [-0.2, 0) is 16.0 Å². The molecule has 2 aromatic rings. The van der Waals surface area contributed by atoms with Gasteiger partial charge in [-0.3, -0.25) is 4.79 Å². The van der Waals surface area contributed by atoms with E-state index in [2.05, 4.69) is 5.32 Å². The normalized spacial score (nSPS) is 13.2. The number of aryl methyl sites for hydroxylation is 1. The van der Waals surface area contributed by atoms with Gasteiger partial charge in [-0.05, 0) is 37.0 Å². The molecule has 0 aliphatic rings. The Morgan fingerprint density at radius 1 is 1.33 bits per heavy atom. The van der Waals surface area contributed by atoms with E-state index < -0.39 is 23.5 Å². The molecule has 0 saturated heterocycles. The van der Waals surface area contributed by atoms with Gasteiger partial charge in [0.2, 0.25) is 5.91 Å².